The zero-order chi connectivity index (χ0) is 15.4. The van der Waals surface area contributed by atoms with E-state index in [1.165, 1.54) is 11.1 Å². The first kappa shape index (κ1) is 15.6. The second-order valence-corrected chi connectivity index (χ2v) is 5.58. The van der Waals surface area contributed by atoms with Crippen LogP contribution in [0, 0.1) is 20.8 Å². The van der Waals surface area contributed by atoms with Crippen LogP contribution in [0.2, 0.25) is 0 Å². The van der Waals surface area contributed by atoms with E-state index >= 15 is 0 Å². The van der Waals surface area contributed by atoms with Crippen molar-refractivity contribution >= 4 is 0 Å². The molecular weight excluding hydrogens is 260 g/mol. The van der Waals surface area contributed by atoms with Gasteiger partial charge in [0.25, 0.3) is 0 Å². The van der Waals surface area contributed by atoms with Crippen LogP contribution in [0.15, 0.2) is 36.4 Å². The van der Waals surface area contributed by atoms with Gasteiger partial charge < -0.3 is 9.84 Å². The van der Waals surface area contributed by atoms with Crippen molar-refractivity contribution in [2.24, 2.45) is 0 Å². The Balaban J connectivity index is 2.07. The molecule has 0 saturated heterocycles. The Morgan fingerprint density at radius 1 is 0.952 bits per heavy atom. The van der Waals surface area contributed by atoms with E-state index in [4.69, 9.17) is 4.74 Å². The van der Waals surface area contributed by atoms with Gasteiger partial charge in [-0.15, -0.1) is 0 Å². The number of aliphatic hydroxyl groups excluding tert-OH is 1. The molecule has 2 aromatic carbocycles. The van der Waals surface area contributed by atoms with Crippen molar-refractivity contribution < 1.29 is 9.84 Å². The summed E-state index contributed by atoms with van der Waals surface area (Å²) in [5.41, 5.74) is 5.62. The van der Waals surface area contributed by atoms with Crippen LogP contribution >= 0.6 is 0 Å². The molecule has 0 aliphatic carbocycles. The minimum atomic E-state index is -0.602. The summed E-state index contributed by atoms with van der Waals surface area (Å²) in [6.07, 6.45) is 0.407. The molecular formula is C19H24O2. The molecule has 0 amide bonds. The molecule has 0 bridgehead atoms. The number of rotatable bonds is 5. The van der Waals surface area contributed by atoms with Gasteiger partial charge in [-0.05, 0) is 55.0 Å². The Hall–Kier alpha value is -1.80. The highest BCUT2D eigenvalue weighted by Crippen LogP contribution is 2.27. The summed E-state index contributed by atoms with van der Waals surface area (Å²) >= 11 is 0. The first-order valence-corrected chi connectivity index (χ1v) is 7.49. The molecule has 0 aliphatic heterocycles. The highest BCUT2D eigenvalue weighted by Gasteiger charge is 2.11. The smallest absolute Gasteiger partial charge is 0.125 e. The number of benzene rings is 2. The van der Waals surface area contributed by atoms with Gasteiger partial charge in [-0.25, -0.2) is 0 Å². The van der Waals surface area contributed by atoms with Crippen molar-refractivity contribution in [1.82, 2.24) is 0 Å². The normalized spacial score (nSPS) is 12.2. The summed E-state index contributed by atoms with van der Waals surface area (Å²) in [6.45, 7) is 8.56. The predicted octanol–water partition coefficient (Wildman–Crippen LogP) is 4.29. The molecule has 1 N–H and O–H groups in total. The Labute approximate surface area is 127 Å². The van der Waals surface area contributed by atoms with E-state index in [1.807, 2.05) is 19.1 Å². The molecule has 0 spiro atoms. The average Bonchev–Trinajstić information content (AvgIpc) is 2.51. The molecule has 2 aromatic rings. The molecule has 0 aromatic heterocycles. The standard InChI is InChI=1S/C19H24O2/c1-5-16-8-10-17(11-9-16)18(20)12-21-19-14(3)7-6-13(2)15(19)4/h6-11,18,20H,5,12H2,1-4H3. The van der Waals surface area contributed by atoms with E-state index in [1.54, 1.807) is 0 Å². The molecule has 1 unspecified atom stereocenters. The lowest BCUT2D eigenvalue weighted by molar-refractivity contribution is 0.107. The number of aryl methyl sites for hydroxylation is 3. The van der Waals surface area contributed by atoms with Crippen molar-refractivity contribution in [1.29, 1.82) is 0 Å². The van der Waals surface area contributed by atoms with Gasteiger partial charge >= 0.3 is 0 Å². The number of ether oxygens (including phenoxy) is 1. The molecule has 21 heavy (non-hydrogen) atoms. The van der Waals surface area contributed by atoms with Crippen LogP contribution in [-0.4, -0.2) is 11.7 Å². The van der Waals surface area contributed by atoms with Crippen molar-refractivity contribution in [3.8, 4) is 5.75 Å². The Morgan fingerprint density at radius 3 is 2.19 bits per heavy atom. The lowest BCUT2D eigenvalue weighted by Crippen LogP contribution is -2.11. The number of aliphatic hydroxyl groups is 1. The van der Waals surface area contributed by atoms with Crippen LogP contribution in [0.3, 0.4) is 0 Å². The SMILES string of the molecule is CCc1ccc(C(O)COc2c(C)ccc(C)c2C)cc1. The summed E-state index contributed by atoms with van der Waals surface area (Å²) in [7, 11) is 0. The molecule has 0 heterocycles. The van der Waals surface area contributed by atoms with E-state index in [-0.39, 0.29) is 6.61 Å². The number of hydrogen-bond acceptors (Lipinski definition) is 2. The maximum absolute atomic E-state index is 10.3. The van der Waals surface area contributed by atoms with Crippen molar-refractivity contribution in [2.45, 2.75) is 40.2 Å². The molecule has 1 atom stereocenters. The van der Waals surface area contributed by atoms with E-state index in [2.05, 4.69) is 45.0 Å². The monoisotopic (exact) mass is 284 g/mol. The van der Waals surface area contributed by atoms with E-state index in [0.29, 0.717) is 0 Å². The third kappa shape index (κ3) is 3.64. The molecule has 0 saturated carbocycles. The van der Waals surface area contributed by atoms with Crippen LogP contribution in [0.5, 0.6) is 5.75 Å². The van der Waals surface area contributed by atoms with E-state index < -0.39 is 6.10 Å². The third-order valence-corrected chi connectivity index (χ3v) is 4.03. The average molecular weight is 284 g/mol. The van der Waals surface area contributed by atoms with Crippen LogP contribution < -0.4 is 4.74 Å². The minimum Gasteiger partial charge on any atom is -0.490 e. The second-order valence-electron chi connectivity index (χ2n) is 5.58. The van der Waals surface area contributed by atoms with Gasteiger partial charge in [-0.1, -0.05) is 43.3 Å². The third-order valence-electron chi connectivity index (χ3n) is 4.03. The summed E-state index contributed by atoms with van der Waals surface area (Å²) in [5, 5.41) is 10.3. The van der Waals surface area contributed by atoms with Crippen LogP contribution in [0.1, 0.15) is 40.8 Å². The van der Waals surface area contributed by atoms with Crippen LogP contribution in [0.4, 0.5) is 0 Å². The molecule has 0 radical (unpaired) electrons. The van der Waals surface area contributed by atoms with Crippen LogP contribution in [-0.2, 0) is 6.42 Å². The van der Waals surface area contributed by atoms with Crippen molar-refractivity contribution in [2.75, 3.05) is 6.61 Å². The summed E-state index contributed by atoms with van der Waals surface area (Å²) in [4.78, 5) is 0. The second kappa shape index (κ2) is 6.77. The quantitative estimate of drug-likeness (QED) is 0.887. The van der Waals surface area contributed by atoms with Gasteiger partial charge in [0.15, 0.2) is 0 Å². The fraction of sp³-hybridized carbons (Fsp3) is 0.368. The van der Waals surface area contributed by atoms with Crippen molar-refractivity contribution in [3.05, 3.63) is 64.2 Å². The lowest BCUT2D eigenvalue weighted by atomic mass is 10.0. The van der Waals surface area contributed by atoms with E-state index in [9.17, 15) is 5.11 Å². The summed E-state index contributed by atoms with van der Waals surface area (Å²) in [5.74, 6) is 0.888. The number of hydrogen-bond donors (Lipinski definition) is 1. The maximum atomic E-state index is 10.3. The molecule has 0 aliphatic rings. The van der Waals surface area contributed by atoms with Gasteiger partial charge in [0, 0.05) is 0 Å². The topological polar surface area (TPSA) is 29.5 Å². The Bertz CT molecular complexity index is 600. The molecule has 0 fully saturated rings. The lowest BCUT2D eigenvalue weighted by Gasteiger charge is -2.17. The maximum Gasteiger partial charge on any atom is 0.125 e. The fourth-order valence-electron chi connectivity index (χ4n) is 2.38. The van der Waals surface area contributed by atoms with E-state index in [0.717, 1.165) is 28.9 Å². The minimum absolute atomic E-state index is 0.274. The van der Waals surface area contributed by atoms with Gasteiger partial charge in [0.1, 0.15) is 18.5 Å². The first-order chi connectivity index (χ1) is 10.0. The molecule has 2 heteroatoms. The molecule has 2 rings (SSSR count). The summed E-state index contributed by atoms with van der Waals surface area (Å²) < 4.78 is 5.87. The zero-order valence-electron chi connectivity index (χ0n) is 13.3. The predicted molar refractivity (Wildman–Crippen MR) is 86.9 cm³/mol. The van der Waals surface area contributed by atoms with Gasteiger partial charge in [-0.3, -0.25) is 0 Å². The Kier molecular flexibility index (Phi) is 5.03. The highest BCUT2D eigenvalue weighted by molar-refractivity contribution is 5.44. The van der Waals surface area contributed by atoms with Gasteiger partial charge in [-0.2, -0.15) is 0 Å². The van der Waals surface area contributed by atoms with Crippen molar-refractivity contribution in [3.63, 3.8) is 0 Å². The fourth-order valence-corrected chi connectivity index (χ4v) is 2.38. The van der Waals surface area contributed by atoms with Gasteiger partial charge in [0.05, 0.1) is 0 Å². The first-order valence-electron chi connectivity index (χ1n) is 7.49. The summed E-state index contributed by atoms with van der Waals surface area (Å²) in [6, 6.07) is 12.2. The van der Waals surface area contributed by atoms with Crippen LogP contribution in [0.25, 0.3) is 0 Å². The highest BCUT2D eigenvalue weighted by atomic mass is 16.5. The van der Waals surface area contributed by atoms with Gasteiger partial charge in [0.2, 0.25) is 0 Å². The molecule has 2 nitrogen and oxygen atoms in total. The Morgan fingerprint density at radius 2 is 1.57 bits per heavy atom. The largest absolute Gasteiger partial charge is 0.490 e. The zero-order valence-corrected chi connectivity index (χ0v) is 13.3. The molecule has 112 valence electrons.